The maximum absolute atomic E-state index is 4.71. The fourth-order valence-electron chi connectivity index (χ4n) is 4.17. The molecule has 1 aliphatic heterocycles. The molecule has 1 fully saturated rings. The lowest BCUT2D eigenvalue weighted by Gasteiger charge is -2.33. The van der Waals surface area contributed by atoms with E-state index in [-0.39, 0.29) is 5.41 Å². The van der Waals surface area contributed by atoms with Gasteiger partial charge in [-0.05, 0) is 69.4 Å². The van der Waals surface area contributed by atoms with Crippen molar-refractivity contribution in [1.82, 2.24) is 10.3 Å². The lowest BCUT2D eigenvalue weighted by atomic mass is 9.79. The van der Waals surface area contributed by atoms with E-state index in [1.54, 1.807) is 0 Å². The molecular formula is C24H31N3. The van der Waals surface area contributed by atoms with Gasteiger partial charge in [0.15, 0.2) is 0 Å². The summed E-state index contributed by atoms with van der Waals surface area (Å²) in [5.74, 6) is 0. The third kappa shape index (κ3) is 3.97. The number of hydrogen-bond acceptors (Lipinski definition) is 3. The minimum absolute atomic E-state index is 0.225. The summed E-state index contributed by atoms with van der Waals surface area (Å²) in [5.41, 5.74) is 7.97. The molecule has 0 spiro atoms. The molecule has 0 unspecified atom stereocenters. The largest absolute Gasteiger partial charge is 0.362 e. The molecule has 0 bridgehead atoms. The van der Waals surface area contributed by atoms with Gasteiger partial charge in [-0.1, -0.05) is 32.4 Å². The predicted octanol–water partition coefficient (Wildman–Crippen LogP) is 6.41. The molecule has 1 N–H and O–H groups in total. The first-order valence-electron chi connectivity index (χ1n) is 9.99. The Morgan fingerprint density at radius 1 is 1.22 bits per heavy atom. The second kappa shape index (κ2) is 8.08. The molecule has 0 radical (unpaired) electrons. The highest BCUT2D eigenvalue weighted by Gasteiger charge is 2.36. The standard InChI is InChI=1S/C24H31N3/c1-6-20-10-13-25-22-14-17(3)26-16-21(22)18(4)19(5)27-23(15-20)24(7-2)11-8-9-12-24/h6,10,13-16,27H,1,7-9,11-12H2,2-5H3/b19-18-,20-10?,23-15?,25-13?. The monoisotopic (exact) mass is 361 g/mol. The summed E-state index contributed by atoms with van der Waals surface area (Å²) in [6.45, 7) is 12.6. The third-order valence-corrected chi connectivity index (χ3v) is 6.14. The topological polar surface area (TPSA) is 37.3 Å². The van der Waals surface area contributed by atoms with Gasteiger partial charge >= 0.3 is 0 Å². The minimum Gasteiger partial charge on any atom is -0.362 e. The van der Waals surface area contributed by atoms with Crippen LogP contribution in [0.3, 0.4) is 0 Å². The average Bonchev–Trinajstić information content (AvgIpc) is 3.15. The highest BCUT2D eigenvalue weighted by atomic mass is 14.9. The molecule has 0 saturated heterocycles. The van der Waals surface area contributed by atoms with Gasteiger partial charge in [0.25, 0.3) is 0 Å². The number of aromatic nitrogens is 1. The molecule has 0 atom stereocenters. The molecule has 3 nitrogen and oxygen atoms in total. The molecule has 3 rings (SSSR count). The summed E-state index contributed by atoms with van der Waals surface area (Å²) in [4.78, 5) is 9.22. The summed E-state index contributed by atoms with van der Waals surface area (Å²) in [6.07, 6.45) is 16.3. The number of hydrogen-bond donors (Lipinski definition) is 1. The highest BCUT2D eigenvalue weighted by Crippen LogP contribution is 2.46. The number of rotatable bonds is 3. The summed E-state index contributed by atoms with van der Waals surface area (Å²) in [5, 5.41) is 3.79. The average molecular weight is 362 g/mol. The lowest BCUT2D eigenvalue weighted by Crippen LogP contribution is -2.29. The van der Waals surface area contributed by atoms with Crippen molar-refractivity contribution in [1.29, 1.82) is 0 Å². The van der Waals surface area contributed by atoms with E-state index >= 15 is 0 Å². The van der Waals surface area contributed by atoms with Crippen LogP contribution in [-0.4, -0.2) is 11.2 Å². The molecule has 3 heteroatoms. The van der Waals surface area contributed by atoms with E-state index < -0.39 is 0 Å². The van der Waals surface area contributed by atoms with Crippen molar-refractivity contribution in [3.63, 3.8) is 0 Å². The first-order chi connectivity index (χ1) is 13.0. The Hall–Kier alpha value is -2.42. The van der Waals surface area contributed by atoms with Crippen molar-refractivity contribution < 1.29 is 0 Å². The summed E-state index contributed by atoms with van der Waals surface area (Å²) in [6, 6.07) is 2.04. The number of nitrogens with zero attached hydrogens (tertiary/aromatic N) is 2. The van der Waals surface area contributed by atoms with Crippen molar-refractivity contribution >= 4 is 17.5 Å². The second-order valence-corrected chi connectivity index (χ2v) is 7.77. The van der Waals surface area contributed by atoms with Crippen molar-refractivity contribution in [2.75, 3.05) is 0 Å². The van der Waals surface area contributed by atoms with Crippen molar-refractivity contribution in [2.24, 2.45) is 10.4 Å². The van der Waals surface area contributed by atoms with E-state index in [2.05, 4.69) is 43.7 Å². The SMILES string of the molecule is C=CC1=CC=Nc2cc(C)ncc2/C(C)=C(/C)NC(C2(CC)CCCC2)=C1. The zero-order valence-electron chi connectivity index (χ0n) is 17.1. The Balaban J connectivity index is 2.17. The van der Waals surface area contributed by atoms with Gasteiger partial charge in [0.05, 0.1) is 5.69 Å². The molecule has 1 saturated carbocycles. The number of aryl methyl sites for hydroxylation is 1. The van der Waals surface area contributed by atoms with Crippen molar-refractivity contribution in [3.05, 3.63) is 65.3 Å². The Morgan fingerprint density at radius 3 is 2.63 bits per heavy atom. The van der Waals surface area contributed by atoms with E-state index in [0.717, 1.165) is 34.6 Å². The van der Waals surface area contributed by atoms with Crippen LogP contribution in [0, 0.1) is 12.3 Å². The van der Waals surface area contributed by atoms with Gasteiger partial charge in [-0.25, -0.2) is 0 Å². The van der Waals surface area contributed by atoms with Crippen LogP contribution in [0.2, 0.25) is 0 Å². The van der Waals surface area contributed by atoms with Gasteiger partial charge in [0, 0.05) is 40.5 Å². The van der Waals surface area contributed by atoms with Crippen LogP contribution >= 0.6 is 0 Å². The number of aliphatic imine (C=N–C) groups is 1. The van der Waals surface area contributed by atoms with Crippen LogP contribution in [0.1, 0.15) is 64.1 Å². The normalized spacial score (nSPS) is 22.2. The van der Waals surface area contributed by atoms with E-state index in [4.69, 9.17) is 4.99 Å². The fraction of sp³-hybridized carbons (Fsp3) is 0.417. The molecule has 1 aromatic rings. The van der Waals surface area contributed by atoms with Crippen LogP contribution < -0.4 is 5.32 Å². The molecule has 142 valence electrons. The number of pyridine rings is 1. The lowest BCUT2D eigenvalue weighted by molar-refractivity contribution is 0.336. The molecule has 1 aliphatic carbocycles. The molecular weight excluding hydrogens is 330 g/mol. The van der Waals surface area contributed by atoms with E-state index in [1.165, 1.54) is 37.0 Å². The maximum atomic E-state index is 4.71. The maximum Gasteiger partial charge on any atom is 0.0738 e. The fourth-order valence-corrected chi connectivity index (χ4v) is 4.17. The van der Waals surface area contributed by atoms with E-state index in [0.29, 0.717) is 0 Å². The second-order valence-electron chi connectivity index (χ2n) is 7.77. The molecule has 27 heavy (non-hydrogen) atoms. The Morgan fingerprint density at radius 2 is 1.96 bits per heavy atom. The first-order valence-corrected chi connectivity index (χ1v) is 9.99. The highest BCUT2D eigenvalue weighted by molar-refractivity contribution is 5.82. The van der Waals surface area contributed by atoms with E-state index in [1.807, 2.05) is 37.6 Å². The molecule has 2 heterocycles. The van der Waals surface area contributed by atoms with Gasteiger partial charge in [0.1, 0.15) is 0 Å². The zero-order valence-corrected chi connectivity index (χ0v) is 17.1. The van der Waals surface area contributed by atoms with Gasteiger partial charge in [0.2, 0.25) is 0 Å². The number of allylic oxidation sites excluding steroid dienone is 7. The van der Waals surface area contributed by atoms with E-state index in [9.17, 15) is 0 Å². The van der Waals surface area contributed by atoms with Gasteiger partial charge < -0.3 is 5.32 Å². The first kappa shape index (κ1) is 19.3. The Kier molecular flexibility index (Phi) is 5.79. The Bertz CT molecular complexity index is 846. The predicted molar refractivity (Wildman–Crippen MR) is 116 cm³/mol. The number of fused-ring (bicyclic) bond motifs is 1. The van der Waals surface area contributed by atoms with Crippen LogP contribution in [0.25, 0.3) is 5.57 Å². The number of nitrogens with one attached hydrogen (secondary N) is 1. The van der Waals surface area contributed by atoms with Gasteiger partial charge in [-0.15, -0.1) is 0 Å². The smallest absolute Gasteiger partial charge is 0.0738 e. The van der Waals surface area contributed by atoms with Crippen LogP contribution in [-0.2, 0) is 0 Å². The van der Waals surface area contributed by atoms with Crippen LogP contribution in [0.4, 0.5) is 5.69 Å². The summed E-state index contributed by atoms with van der Waals surface area (Å²) < 4.78 is 0. The van der Waals surface area contributed by atoms with Crippen molar-refractivity contribution in [2.45, 2.75) is 59.8 Å². The summed E-state index contributed by atoms with van der Waals surface area (Å²) >= 11 is 0. The molecule has 0 aromatic carbocycles. The third-order valence-electron chi connectivity index (χ3n) is 6.14. The molecule has 1 aromatic heterocycles. The van der Waals surface area contributed by atoms with Crippen LogP contribution in [0.15, 0.2) is 59.0 Å². The van der Waals surface area contributed by atoms with Crippen LogP contribution in [0.5, 0.6) is 0 Å². The summed E-state index contributed by atoms with van der Waals surface area (Å²) in [7, 11) is 0. The molecule has 2 aliphatic rings. The van der Waals surface area contributed by atoms with Gasteiger partial charge in [-0.3, -0.25) is 9.98 Å². The minimum atomic E-state index is 0.225. The Labute approximate surface area is 163 Å². The van der Waals surface area contributed by atoms with Gasteiger partial charge in [-0.2, -0.15) is 0 Å². The zero-order chi connectivity index (χ0) is 19.4. The quantitative estimate of drug-likeness (QED) is 0.675. The van der Waals surface area contributed by atoms with Crippen molar-refractivity contribution in [3.8, 4) is 0 Å². The molecule has 0 amide bonds.